The minimum absolute atomic E-state index is 0.258. The number of pyridine rings is 2. The zero-order chi connectivity index (χ0) is 18.7. The first-order chi connectivity index (χ1) is 12.5. The normalized spacial score (nSPS) is 13.0. The summed E-state index contributed by atoms with van der Waals surface area (Å²) in [4.78, 5) is 36.7. The van der Waals surface area contributed by atoms with Gasteiger partial charge in [0.2, 0.25) is 0 Å². The number of aryl methyl sites for hydroxylation is 1. The number of carbonyl (C=O) groups is 2. The lowest BCUT2D eigenvalue weighted by atomic mass is 10.0. The fraction of sp³-hybridized carbons (Fsp3) is 0.333. The summed E-state index contributed by atoms with van der Waals surface area (Å²) >= 11 is 0. The van der Waals surface area contributed by atoms with Crippen molar-refractivity contribution >= 4 is 17.8 Å². The third kappa shape index (κ3) is 3.74. The van der Waals surface area contributed by atoms with Crippen molar-refractivity contribution in [2.45, 2.75) is 19.9 Å². The van der Waals surface area contributed by atoms with Crippen LogP contribution in [-0.2, 0) is 13.0 Å². The van der Waals surface area contributed by atoms with Crippen LogP contribution in [0.15, 0.2) is 30.5 Å². The van der Waals surface area contributed by atoms with E-state index in [1.807, 2.05) is 25.1 Å². The van der Waals surface area contributed by atoms with E-state index in [-0.39, 0.29) is 11.7 Å². The Morgan fingerprint density at radius 2 is 2.00 bits per heavy atom. The van der Waals surface area contributed by atoms with E-state index in [9.17, 15) is 9.59 Å². The van der Waals surface area contributed by atoms with Crippen LogP contribution in [0.1, 0.15) is 27.3 Å². The molecule has 26 heavy (non-hydrogen) atoms. The molecule has 2 aromatic rings. The van der Waals surface area contributed by atoms with Crippen LogP contribution in [0.25, 0.3) is 0 Å². The highest BCUT2D eigenvalue weighted by Crippen LogP contribution is 2.25. The Kier molecular flexibility index (Phi) is 5.01. The first kappa shape index (κ1) is 17.7. The first-order valence-electron chi connectivity index (χ1n) is 8.38. The summed E-state index contributed by atoms with van der Waals surface area (Å²) in [6.45, 7) is 2.83. The molecule has 3 amide bonds. The second-order valence-corrected chi connectivity index (χ2v) is 6.39. The molecule has 8 nitrogen and oxygen atoms in total. The number of nitrogens with zero attached hydrogens (tertiary/aromatic N) is 4. The highest BCUT2D eigenvalue weighted by Gasteiger charge is 2.24. The van der Waals surface area contributed by atoms with Crippen LogP contribution in [-0.4, -0.2) is 47.4 Å². The van der Waals surface area contributed by atoms with Gasteiger partial charge in [-0.3, -0.25) is 10.2 Å². The fourth-order valence-electron chi connectivity index (χ4n) is 2.93. The van der Waals surface area contributed by atoms with Gasteiger partial charge in [0.15, 0.2) is 0 Å². The lowest BCUT2D eigenvalue weighted by Gasteiger charge is -2.31. The van der Waals surface area contributed by atoms with Crippen molar-refractivity contribution in [2.75, 3.05) is 25.5 Å². The highest BCUT2D eigenvalue weighted by molar-refractivity contribution is 5.93. The Morgan fingerprint density at radius 3 is 2.73 bits per heavy atom. The van der Waals surface area contributed by atoms with Crippen molar-refractivity contribution in [3.63, 3.8) is 0 Å². The van der Waals surface area contributed by atoms with E-state index in [1.54, 1.807) is 36.2 Å². The minimum atomic E-state index is -0.449. The molecule has 1 aliphatic heterocycles. The van der Waals surface area contributed by atoms with Crippen molar-refractivity contribution < 1.29 is 9.59 Å². The minimum Gasteiger partial charge on any atom is -0.362 e. The molecule has 2 N–H and O–H groups in total. The number of amides is 3. The van der Waals surface area contributed by atoms with Gasteiger partial charge < -0.3 is 9.80 Å². The van der Waals surface area contributed by atoms with E-state index in [1.165, 1.54) is 5.56 Å². The summed E-state index contributed by atoms with van der Waals surface area (Å²) in [6.07, 6.45) is 2.54. The predicted octanol–water partition coefficient (Wildman–Crippen LogP) is 1.26. The van der Waals surface area contributed by atoms with Crippen molar-refractivity contribution in [3.05, 3.63) is 53.0 Å². The number of anilines is 1. The van der Waals surface area contributed by atoms with Gasteiger partial charge in [-0.15, -0.1) is 0 Å². The van der Waals surface area contributed by atoms with Crippen LogP contribution in [0.4, 0.5) is 10.6 Å². The lowest BCUT2D eigenvalue weighted by molar-refractivity contribution is 0.0923. The summed E-state index contributed by atoms with van der Waals surface area (Å²) < 4.78 is 0. The summed E-state index contributed by atoms with van der Waals surface area (Å²) in [5, 5.41) is 0. The van der Waals surface area contributed by atoms with Crippen molar-refractivity contribution in [2.24, 2.45) is 0 Å². The number of hydrogen-bond donors (Lipinski definition) is 2. The molecule has 0 aliphatic carbocycles. The van der Waals surface area contributed by atoms with Crippen molar-refractivity contribution in [1.29, 1.82) is 0 Å². The zero-order valence-corrected chi connectivity index (χ0v) is 15.1. The van der Waals surface area contributed by atoms with Crippen LogP contribution in [0, 0.1) is 6.92 Å². The van der Waals surface area contributed by atoms with Gasteiger partial charge in [0.1, 0.15) is 11.5 Å². The Bertz CT molecular complexity index is 836. The molecule has 136 valence electrons. The molecule has 3 heterocycles. The number of rotatable bonds is 2. The summed E-state index contributed by atoms with van der Waals surface area (Å²) in [6, 6.07) is 6.78. The number of urea groups is 1. The quantitative estimate of drug-likeness (QED) is 0.793. The molecule has 0 saturated carbocycles. The second kappa shape index (κ2) is 7.38. The third-order valence-electron chi connectivity index (χ3n) is 4.24. The number of hydrogen-bond acceptors (Lipinski definition) is 5. The Balaban J connectivity index is 1.64. The maximum absolute atomic E-state index is 12.4. The molecule has 0 bridgehead atoms. The molecule has 1 aliphatic rings. The molecule has 0 unspecified atom stereocenters. The molecule has 0 atom stereocenters. The van der Waals surface area contributed by atoms with Crippen LogP contribution in [0.5, 0.6) is 0 Å². The van der Waals surface area contributed by atoms with Crippen LogP contribution in [0.2, 0.25) is 0 Å². The van der Waals surface area contributed by atoms with Gasteiger partial charge in [-0.05, 0) is 37.1 Å². The van der Waals surface area contributed by atoms with E-state index in [2.05, 4.69) is 20.8 Å². The molecule has 0 spiro atoms. The monoisotopic (exact) mass is 354 g/mol. The van der Waals surface area contributed by atoms with E-state index in [0.717, 1.165) is 23.5 Å². The molecule has 2 aromatic heterocycles. The van der Waals surface area contributed by atoms with Crippen molar-refractivity contribution in [3.8, 4) is 0 Å². The Morgan fingerprint density at radius 1 is 1.19 bits per heavy atom. The number of carbonyl (C=O) groups excluding carboxylic acids is 2. The number of nitrogens with one attached hydrogen (secondary N) is 2. The standard InChI is InChI=1S/C18H22N6O2/c1-12-5-4-6-15(20-12)17(25)21-22-18(26)24-10-8-13-7-9-19-16(23(2)3)14(13)11-24/h4-7,9H,8,10-11H2,1-3H3,(H,21,25)(H,22,26). The van der Waals surface area contributed by atoms with Gasteiger partial charge in [-0.25, -0.2) is 20.2 Å². The SMILES string of the molecule is Cc1cccc(C(=O)NNC(=O)N2CCc3ccnc(N(C)C)c3C2)n1. The molecule has 0 saturated heterocycles. The zero-order valence-electron chi connectivity index (χ0n) is 15.1. The van der Waals surface area contributed by atoms with E-state index in [0.29, 0.717) is 13.1 Å². The van der Waals surface area contributed by atoms with Gasteiger partial charge >= 0.3 is 6.03 Å². The van der Waals surface area contributed by atoms with Gasteiger partial charge in [0.25, 0.3) is 5.91 Å². The average molecular weight is 354 g/mol. The summed E-state index contributed by atoms with van der Waals surface area (Å²) in [5.74, 6) is 0.406. The lowest BCUT2D eigenvalue weighted by Crippen LogP contribution is -2.50. The largest absolute Gasteiger partial charge is 0.362 e. The third-order valence-corrected chi connectivity index (χ3v) is 4.24. The number of fused-ring (bicyclic) bond motifs is 1. The second-order valence-electron chi connectivity index (χ2n) is 6.39. The summed E-state index contributed by atoms with van der Waals surface area (Å²) in [7, 11) is 3.85. The van der Waals surface area contributed by atoms with Crippen molar-refractivity contribution in [1.82, 2.24) is 25.7 Å². The van der Waals surface area contributed by atoms with E-state index in [4.69, 9.17) is 0 Å². The average Bonchev–Trinajstić information content (AvgIpc) is 2.64. The topological polar surface area (TPSA) is 90.5 Å². The Hall–Kier alpha value is -3.16. The predicted molar refractivity (Wildman–Crippen MR) is 97.6 cm³/mol. The van der Waals surface area contributed by atoms with Gasteiger partial charge in [-0.1, -0.05) is 6.07 Å². The van der Waals surface area contributed by atoms with Crippen LogP contribution < -0.4 is 15.8 Å². The van der Waals surface area contributed by atoms with E-state index < -0.39 is 5.91 Å². The highest BCUT2D eigenvalue weighted by atomic mass is 16.2. The molecular formula is C18H22N6O2. The fourth-order valence-corrected chi connectivity index (χ4v) is 2.93. The maximum Gasteiger partial charge on any atom is 0.336 e. The van der Waals surface area contributed by atoms with Crippen LogP contribution in [0.3, 0.4) is 0 Å². The Labute approximate surface area is 152 Å². The molecule has 8 heteroatoms. The molecule has 3 rings (SSSR count). The molecular weight excluding hydrogens is 332 g/mol. The summed E-state index contributed by atoms with van der Waals surface area (Å²) in [5.41, 5.74) is 8.10. The number of hydrazine groups is 1. The van der Waals surface area contributed by atoms with E-state index >= 15 is 0 Å². The first-order valence-corrected chi connectivity index (χ1v) is 8.38. The molecule has 0 radical (unpaired) electrons. The van der Waals surface area contributed by atoms with Gasteiger partial charge in [-0.2, -0.15) is 0 Å². The van der Waals surface area contributed by atoms with Gasteiger partial charge in [0, 0.05) is 38.1 Å². The maximum atomic E-state index is 12.4. The van der Waals surface area contributed by atoms with Crippen LogP contribution >= 0.6 is 0 Å². The smallest absolute Gasteiger partial charge is 0.336 e. The molecule has 0 aromatic carbocycles. The molecule has 0 fully saturated rings. The number of aromatic nitrogens is 2. The van der Waals surface area contributed by atoms with Gasteiger partial charge in [0.05, 0.1) is 6.54 Å².